The summed E-state index contributed by atoms with van der Waals surface area (Å²) in [5.41, 5.74) is 0. The highest BCUT2D eigenvalue weighted by atomic mass is 15.4. The largest absolute Gasteiger partial charge is 0.356 e. The van der Waals surface area contributed by atoms with E-state index in [4.69, 9.17) is 0 Å². The summed E-state index contributed by atoms with van der Waals surface area (Å²) in [7, 11) is 0. The average molecular weight is 309 g/mol. The van der Waals surface area contributed by atoms with Crippen LogP contribution in [0.3, 0.4) is 0 Å². The fourth-order valence-electron chi connectivity index (χ4n) is 3.53. The van der Waals surface area contributed by atoms with Gasteiger partial charge in [0.25, 0.3) is 0 Å². The van der Waals surface area contributed by atoms with Crippen molar-refractivity contribution in [1.29, 1.82) is 0 Å². The molecule has 22 heavy (non-hydrogen) atoms. The second-order valence-corrected chi connectivity index (χ2v) is 7.56. The van der Waals surface area contributed by atoms with Crippen molar-refractivity contribution in [3.05, 3.63) is 12.4 Å². The minimum atomic E-state index is 0.564. The molecule has 0 N–H and O–H groups in total. The quantitative estimate of drug-likeness (QED) is 0.408. The van der Waals surface area contributed by atoms with E-state index >= 15 is 0 Å². The predicted molar refractivity (Wildman–Crippen MR) is 98.7 cm³/mol. The topological polar surface area (TPSA) is 6.48 Å². The Morgan fingerprint density at radius 1 is 0.773 bits per heavy atom. The van der Waals surface area contributed by atoms with Crippen LogP contribution in [0.2, 0.25) is 0 Å². The first-order valence-corrected chi connectivity index (χ1v) is 9.79. The van der Waals surface area contributed by atoms with Crippen LogP contribution in [-0.2, 0) is 0 Å². The van der Waals surface area contributed by atoms with Gasteiger partial charge in [-0.3, -0.25) is 0 Å². The van der Waals surface area contributed by atoms with Crippen LogP contribution in [-0.4, -0.2) is 28.6 Å². The van der Waals surface area contributed by atoms with E-state index in [1.807, 2.05) is 0 Å². The second-order valence-electron chi connectivity index (χ2n) is 7.56. The van der Waals surface area contributed by atoms with Gasteiger partial charge in [-0.15, -0.1) is 0 Å². The van der Waals surface area contributed by atoms with Crippen molar-refractivity contribution >= 4 is 0 Å². The average Bonchev–Trinajstić information content (AvgIpc) is 2.90. The molecule has 1 rings (SSSR count). The molecule has 1 aliphatic rings. The van der Waals surface area contributed by atoms with E-state index in [2.05, 4.69) is 56.8 Å². The third-order valence-electron chi connectivity index (χ3n) is 4.79. The molecule has 0 aromatic heterocycles. The minimum absolute atomic E-state index is 0.564. The highest BCUT2D eigenvalue weighted by Crippen LogP contribution is 2.25. The van der Waals surface area contributed by atoms with Gasteiger partial charge in [0.05, 0.1) is 0 Å². The smallest absolute Gasteiger partial charge is 0.103 e. The lowest BCUT2D eigenvalue weighted by molar-refractivity contribution is 0.0843. The van der Waals surface area contributed by atoms with Gasteiger partial charge in [-0.2, -0.15) is 0 Å². The zero-order valence-electron chi connectivity index (χ0n) is 15.9. The first-order chi connectivity index (χ1) is 10.6. The van der Waals surface area contributed by atoms with E-state index in [1.165, 1.54) is 64.3 Å². The summed E-state index contributed by atoms with van der Waals surface area (Å²) >= 11 is 0. The molecule has 0 saturated carbocycles. The minimum Gasteiger partial charge on any atom is -0.356 e. The van der Waals surface area contributed by atoms with Crippen LogP contribution in [0.1, 0.15) is 92.4 Å². The van der Waals surface area contributed by atoms with Crippen LogP contribution in [0.4, 0.5) is 0 Å². The molecule has 1 atom stereocenters. The maximum atomic E-state index is 2.56. The SMILES string of the molecule is CCCCCCCCCCCN1C=CN(C(C)C)C1C(C)C. The summed E-state index contributed by atoms with van der Waals surface area (Å²) in [6, 6.07) is 0.594. The Hall–Kier alpha value is -0.660. The predicted octanol–water partition coefficient (Wildman–Crippen LogP) is 6.00. The summed E-state index contributed by atoms with van der Waals surface area (Å²) in [4.78, 5) is 5.07. The summed E-state index contributed by atoms with van der Waals surface area (Å²) < 4.78 is 0. The van der Waals surface area contributed by atoms with Crippen molar-refractivity contribution in [2.75, 3.05) is 6.54 Å². The van der Waals surface area contributed by atoms with Crippen molar-refractivity contribution in [2.45, 2.75) is 105 Å². The molecule has 2 nitrogen and oxygen atoms in total. The summed E-state index contributed by atoms with van der Waals surface area (Å²) in [5.74, 6) is 0.677. The molecule has 0 saturated heterocycles. The van der Waals surface area contributed by atoms with Gasteiger partial charge in [0.1, 0.15) is 6.17 Å². The van der Waals surface area contributed by atoms with Gasteiger partial charge >= 0.3 is 0 Å². The van der Waals surface area contributed by atoms with Gasteiger partial charge in [0.15, 0.2) is 0 Å². The molecule has 1 heterocycles. The summed E-state index contributed by atoms with van der Waals surface area (Å²) in [6.07, 6.45) is 17.9. The van der Waals surface area contributed by atoms with Gasteiger partial charge in [-0.25, -0.2) is 0 Å². The first kappa shape index (κ1) is 19.4. The van der Waals surface area contributed by atoms with Crippen molar-refractivity contribution in [2.24, 2.45) is 5.92 Å². The monoisotopic (exact) mass is 308 g/mol. The maximum Gasteiger partial charge on any atom is 0.103 e. The fraction of sp³-hybridized carbons (Fsp3) is 0.900. The molecule has 0 aromatic carbocycles. The third-order valence-corrected chi connectivity index (χ3v) is 4.79. The van der Waals surface area contributed by atoms with Crippen LogP contribution in [0.25, 0.3) is 0 Å². The zero-order chi connectivity index (χ0) is 16.4. The molecule has 0 bridgehead atoms. The molecule has 130 valence electrons. The molecular formula is C20H40N2. The molecule has 2 heteroatoms. The Labute approximate surface area is 139 Å². The van der Waals surface area contributed by atoms with Crippen LogP contribution in [0.5, 0.6) is 0 Å². The summed E-state index contributed by atoms with van der Waals surface area (Å²) in [5, 5.41) is 0. The lowest BCUT2D eigenvalue weighted by Crippen LogP contribution is -2.45. The highest BCUT2D eigenvalue weighted by Gasteiger charge is 2.29. The van der Waals surface area contributed by atoms with E-state index < -0.39 is 0 Å². The molecule has 0 amide bonds. The van der Waals surface area contributed by atoms with Gasteiger partial charge in [0, 0.05) is 25.0 Å². The fourth-order valence-corrected chi connectivity index (χ4v) is 3.53. The normalized spacial score (nSPS) is 18.2. The number of hydrogen-bond acceptors (Lipinski definition) is 2. The summed E-state index contributed by atoms with van der Waals surface area (Å²) in [6.45, 7) is 12.8. The van der Waals surface area contributed by atoms with Crippen molar-refractivity contribution in [3.63, 3.8) is 0 Å². The molecule has 0 spiro atoms. The zero-order valence-corrected chi connectivity index (χ0v) is 15.9. The van der Waals surface area contributed by atoms with Gasteiger partial charge in [-0.1, -0.05) is 72.1 Å². The standard InChI is InChI=1S/C20H40N2/c1-6-7-8-9-10-11-12-13-14-15-21-16-17-22(19(4)5)20(21)18(2)3/h16-20H,6-15H2,1-5H3. The van der Waals surface area contributed by atoms with Crippen molar-refractivity contribution < 1.29 is 0 Å². The van der Waals surface area contributed by atoms with Crippen molar-refractivity contribution in [1.82, 2.24) is 9.80 Å². The van der Waals surface area contributed by atoms with E-state index in [1.54, 1.807) is 0 Å². The molecule has 0 fully saturated rings. The van der Waals surface area contributed by atoms with Gasteiger partial charge in [0.2, 0.25) is 0 Å². The molecule has 1 unspecified atom stereocenters. The van der Waals surface area contributed by atoms with Crippen LogP contribution >= 0.6 is 0 Å². The van der Waals surface area contributed by atoms with E-state index in [0.717, 1.165) is 0 Å². The Balaban J connectivity index is 2.13. The lowest BCUT2D eigenvalue weighted by Gasteiger charge is -2.38. The lowest BCUT2D eigenvalue weighted by atomic mass is 10.1. The Morgan fingerprint density at radius 2 is 1.32 bits per heavy atom. The Morgan fingerprint density at radius 3 is 1.82 bits per heavy atom. The Kier molecular flexibility index (Phi) is 9.66. The molecule has 0 aliphatic carbocycles. The van der Waals surface area contributed by atoms with Gasteiger partial charge < -0.3 is 9.80 Å². The molecular weight excluding hydrogens is 268 g/mol. The van der Waals surface area contributed by atoms with Crippen LogP contribution in [0, 0.1) is 5.92 Å². The van der Waals surface area contributed by atoms with E-state index in [-0.39, 0.29) is 0 Å². The van der Waals surface area contributed by atoms with Crippen LogP contribution < -0.4 is 0 Å². The number of rotatable bonds is 12. The van der Waals surface area contributed by atoms with Gasteiger partial charge in [-0.05, 0) is 26.2 Å². The van der Waals surface area contributed by atoms with Crippen molar-refractivity contribution in [3.8, 4) is 0 Å². The first-order valence-electron chi connectivity index (χ1n) is 9.79. The highest BCUT2D eigenvalue weighted by molar-refractivity contribution is 4.99. The number of hydrogen-bond donors (Lipinski definition) is 0. The molecule has 1 aliphatic heterocycles. The van der Waals surface area contributed by atoms with E-state index in [0.29, 0.717) is 18.1 Å². The maximum absolute atomic E-state index is 2.56. The van der Waals surface area contributed by atoms with Crippen LogP contribution in [0.15, 0.2) is 12.4 Å². The second kappa shape index (κ2) is 11.0. The van der Waals surface area contributed by atoms with E-state index in [9.17, 15) is 0 Å². The molecule has 0 radical (unpaired) electrons. The number of nitrogens with zero attached hydrogens (tertiary/aromatic N) is 2. The third kappa shape index (κ3) is 6.62. The Bertz CT molecular complexity index is 296. The number of unbranched alkanes of at least 4 members (excludes halogenated alkanes) is 8. The molecule has 0 aromatic rings.